The predicted octanol–water partition coefficient (Wildman–Crippen LogP) is 3.82. The number of piperazine rings is 1. The van der Waals surface area contributed by atoms with E-state index in [-0.39, 0.29) is 16.4 Å². The van der Waals surface area contributed by atoms with Crippen molar-refractivity contribution in [2.45, 2.75) is 6.54 Å². The summed E-state index contributed by atoms with van der Waals surface area (Å²) in [6, 6.07) is 11.4. The van der Waals surface area contributed by atoms with E-state index in [0.29, 0.717) is 0 Å². The van der Waals surface area contributed by atoms with Crippen molar-refractivity contribution in [3.63, 3.8) is 0 Å². The van der Waals surface area contributed by atoms with Gasteiger partial charge in [0.05, 0.1) is 4.92 Å². The SMILES string of the molecule is O=[N+]([O-])c1ccc(N2CCN(Cc3ccc(F)cc3Br)CC2)cc1. The molecule has 5 nitrogen and oxygen atoms in total. The Kier molecular flexibility index (Phi) is 5.11. The number of halogens is 2. The second-order valence-corrected chi connectivity index (χ2v) is 6.63. The Hall–Kier alpha value is -1.99. The van der Waals surface area contributed by atoms with Gasteiger partial charge in [0.1, 0.15) is 5.82 Å². The Labute approximate surface area is 148 Å². The Morgan fingerprint density at radius 1 is 1.08 bits per heavy atom. The van der Waals surface area contributed by atoms with Gasteiger partial charge >= 0.3 is 0 Å². The lowest BCUT2D eigenvalue weighted by Crippen LogP contribution is -2.46. The first-order chi connectivity index (χ1) is 11.5. The first-order valence-corrected chi connectivity index (χ1v) is 8.48. The number of nitrogens with zero attached hydrogens (tertiary/aromatic N) is 3. The van der Waals surface area contributed by atoms with E-state index in [9.17, 15) is 14.5 Å². The molecule has 1 saturated heterocycles. The molecular formula is C17H17BrFN3O2. The highest BCUT2D eigenvalue weighted by molar-refractivity contribution is 9.10. The van der Waals surface area contributed by atoms with Gasteiger partial charge in [-0.05, 0) is 29.8 Å². The van der Waals surface area contributed by atoms with Gasteiger partial charge in [-0.15, -0.1) is 0 Å². The molecule has 2 aromatic carbocycles. The molecule has 0 spiro atoms. The van der Waals surface area contributed by atoms with Crippen LogP contribution in [0.25, 0.3) is 0 Å². The number of benzene rings is 2. The van der Waals surface area contributed by atoms with Crippen molar-refractivity contribution in [1.29, 1.82) is 0 Å². The van der Waals surface area contributed by atoms with Crippen molar-refractivity contribution < 1.29 is 9.31 Å². The standard InChI is InChI=1S/C17H17BrFN3O2/c18-17-11-14(19)2-1-13(17)12-20-7-9-21(10-8-20)15-3-5-16(6-4-15)22(23)24/h1-6,11H,7-10,12H2. The fourth-order valence-corrected chi connectivity index (χ4v) is 3.32. The van der Waals surface area contributed by atoms with Gasteiger partial charge in [-0.3, -0.25) is 15.0 Å². The number of hydrogen-bond acceptors (Lipinski definition) is 4. The van der Waals surface area contributed by atoms with E-state index in [1.165, 1.54) is 24.3 Å². The minimum absolute atomic E-state index is 0.110. The van der Waals surface area contributed by atoms with Gasteiger partial charge in [-0.25, -0.2) is 4.39 Å². The number of nitro groups is 1. The molecule has 7 heteroatoms. The van der Waals surface area contributed by atoms with Crippen molar-refractivity contribution in [1.82, 2.24) is 4.90 Å². The van der Waals surface area contributed by atoms with Crippen LogP contribution in [0.2, 0.25) is 0 Å². The molecule has 0 aromatic heterocycles. The first-order valence-electron chi connectivity index (χ1n) is 7.68. The average Bonchev–Trinajstić information content (AvgIpc) is 2.58. The van der Waals surface area contributed by atoms with Gasteiger partial charge in [0.2, 0.25) is 0 Å². The summed E-state index contributed by atoms with van der Waals surface area (Å²) in [5.41, 5.74) is 2.18. The van der Waals surface area contributed by atoms with E-state index >= 15 is 0 Å². The van der Waals surface area contributed by atoms with Crippen LogP contribution in [0.15, 0.2) is 46.9 Å². The monoisotopic (exact) mass is 393 g/mol. The summed E-state index contributed by atoms with van der Waals surface area (Å²) in [5.74, 6) is -0.242. The maximum absolute atomic E-state index is 13.2. The molecular weight excluding hydrogens is 377 g/mol. The molecule has 126 valence electrons. The summed E-state index contributed by atoms with van der Waals surface area (Å²) in [6.07, 6.45) is 0. The molecule has 1 heterocycles. The van der Waals surface area contributed by atoms with Crippen molar-refractivity contribution in [3.05, 3.63) is 68.4 Å². The Bertz CT molecular complexity index is 731. The zero-order valence-corrected chi connectivity index (χ0v) is 14.6. The molecule has 1 aliphatic rings. The van der Waals surface area contributed by atoms with Crippen LogP contribution in [0.5, 0.6) is 0 Å². The van der Waals surface area contributed by atoms with Crippen molar-refractivity contribution in [2.75, 3.05) is 31.1 Å². The third-order valence-electron chi connectivity index (χ3n) is 4.21. The van der Waals surface area contributed by atoms with Gasteiger partial charge in [0.25, 0.3) is 5.69 Å². The summed E-state index contributed by atoms with van der Waals surface area (Å²) in [7, 11) is 0. The zero-order chi connectivity index (χ0) is 17.1. The van der Waals surface area contributed by atoms with Crippen LogP contribution in [-0.4, -0.2) is 36.0 Å². The first kappa shape index (κ1) is 16.9. The Balaban J connectivity index is 1.58. The highest BCUT2D eigenvalue weighted by atomic mass is 79.9. The molecule has 0 N–H and O–H groups in total. The third kappa shape index (κ3) is 3.91. The zero-order valence-electron chi connectivity index (χ0n) is 13.0. The molecule has 3 rings (SSSR count). The van der Waals surface area contributed by atoms with E-state index in [4.69, 9.17) is 0 Å². The van der Waals surface area contributed by atoms with Gasteiger partial charge < -0.3 is 4.90 Å². The highest BCUT2D eigenvalue weighted by Gasteiger charge is 2.18. The number of rotatable bonds is 4. The van der Waals surface area contributed by atoms with E-state index in [0.717, 1.165) is 48.4 Å². The van der Waals surface area contributed by atoms with Gasteiger partial charge in [-0.2, -0.15) is 0 Å². The lowest BCUT2D eigenvalue weighted by molar-refractivity contribution is -0.384. The number of hydrogen-bond donors (Lipinski definition) is 0. The van der Waals surface area contributed by atoms with Crippen LogP contribution in [0.3, 0.4) is 0 Å². The third-order valence-corrected chi connectivity index (χ3v) is 4.95. The molecule has 24 heavy (non-hydrogen) atoms. The molecule has 1 aliphatic heterocycles. The molecule has 0 bridgehead atoms. The maximum Gasteiger partial charge on any atom is 0.269 e. The second kappa shape index (κ2) is 7.27. The minimum atomic E-state index is -0.387. The van der Waals surface area contributed by atoms with Crippen LogP contribution in [0, 0.1) is 15.9 Å². The smallest absolute Gasteiger partial charge is 0.269 e. The fraction of sp³-hybridized carbons (Fsp3) is 0.294. The van der Waals surface area contributed by atoms with E-state index in [2.05, 4.69) is 25.7 Å². The average molecular weight is 394 g/mol. The lowest BCUT2D eigenvalue weighted by Gasteiger charge is -2.36. The minimum Gasteiger partial charge on any atom is -0.369 e. The van der Waals surface area contributed by atoms with Gasteiger partial charge in [0.15, 0.2) is 0 Å². The quantitative estimate of drug-likeness (QED) is 0.585. The molecule has 0 unspecified atom stereocenters. The Morgan fingerprint density at radius 2 is 1.75 bits per heavy atom. The predicted molar refractivity (Wildman–Crippen MR) is 94.7 cm³/mol. The van der Waals surface area contributed by atoms with Crippen LogP contribution in [0.4, 0.5) is 15.8 Å². The van der Waals surface area contributed by atoms with Gasteiger partial charge in [0, 0.05) is 55.0 Å². The van der Waals surface area contributed by atoms with Crippen LogP contribution < -0.4 is 4.90 Å². The topological polar surface area (TPSA) is 49.6 Å². The number of non-ortho nitro benzene ring substituents is 1. The summed E-state index contributed by atoms with van der Waals surface area (Å²) >= 11 is 3.41. The van der Waals surface area contributed by atoms with E-state index in [1.54, 1.807) is 12.1 Å². The lowest BCUT2D eigenvalue weighted by atomic mass is 10.2. The van der Waals surface area contributed by atoms with Crippen molar-refractivity contribution >= 4 is 27.3 Å². The van der Waals surface area contributed by atoms with Crippen molar-refractivity contribution in [3.8, 4) is 0 Å². The molecule has 0 amide bonds. The summed E-state index contributed by atoms with van der Waals surface area (Å²) < 4.78 is 13.9. The van der Waals surface area contributed by atoms with Crippen LogP contribution in [-0.2, 0) is 6.54 Å². The highest BCUT2D eigenvalue weighted by Crippen LogP contribution is 2.23. The number of anilines is 1. The second-order valence-electron chi connectivity index (χ2n) is 5.77. The molecule has 0 aliphatic carbocycles. The Morgan fingerprint density at radius 3 is 2.33 bits per heavy atom. The van der Waals surface area contributed by atoms with Crippen molar-refractivity contribution in [2.24, 2.45) is 0 Å². The van der Waals surface area contributed by atoms with E-state index < -0.39 is 0 Å². The molecule has 1 fully saturated rings. The summed E-state index contributed by atoms with van der Waals surface area (Å²) in [5, 5.41) is 10.7. The molecule has 0 radical (unpaired) electrons. The summed E-state index contributed by atoms with van der Waals surface area (Å²) in [6.45, 7) is 4.27. The molecule has 2 aromatic rings. The summed E-state index contributed by atoms with van der Waals surface area (Å²) in [4.78, 5) is 14.9. The fourth-order valence-electron chi connectivity index (χ4n) is 2.84. The maximum atomic E-state index is 13.2. The number of nitro benzene ring substituents is 1. The normalized spacial score (nSPS) is 15.5. The molecule has 0 atom stereocenters. The molecule has 0 saturated carbocycles. The van der Waals surface area contributed by atoms with Gasteiger partial charge in [-0.1, -0.05) is 22.0 Å². The van der Waals surface area contributed by atoms with Crippen LogP contribution >= 0.6 is 15.9 Å². The largest absolute Gasteiger partial charge is 0.369 e. The van der Waals surface area contributed by atoms with E-state index in [1.807, 2.05) is 6.07 Å². The van der Waals surface area contributed by atoms with Crippen LogP contribution in [0.1, 0.15) is 5.56 Å².